The van der Waals surface area contributed by atoms with Crippen molar-refractivity contribution in [3.8, 4) is 0 Å². The fraction of sp³-hybridized carbons (Fsp3) is 1.00. The van der Waals surface area contributed by atoms with Gasteiger partial charge in [-0.3, -0.25) is 0 Å². The molecule has 0 heterocycles. The van der Waals surface area contributed by atoms with E-state index >= 15 is 0 Å². The number of rotatable bonds is 1. The van der Waals surface area contributed by atoms with Gasteiger partial charge in [-0.1, -0.05) is 0 Å². The van der Waals surface area contributed by atoms with Crippen LogP contribution in [0, 0.1) is 0 Å². The second kappa shape index (κ2) is 3.94. The molecular formula is CH3HfI3O. The normalized spacial score (nSPS) is 12.0. The molecule has 0 saturated carbocycles. The molecule has 0 radical (unpaired) electrons. The van der Waals surface area contributed by atoms with E-state index in [1.807, 2.05) is 0 Å². The van der Waals surface area contributed by atoms with Crippen molar-refractivity contribution in [2.24, 2.45) is 0 Å². The molecule has 0 unspecified atom stereocenters. The quantitative estimate of drug-likeness (QED) is 0.338. The number of halogens is 3. The van der Waals surface area contributed by atoms with Gasteiger partial charge in [0, 0.05) is 0 Å². The van der Waals surface area contributed by atoms with E-state index < -0.39 is 7.94 Å². The maximum atomic E-state index is 5.12. The predicted octanol–water partition coefficient (Wildman–Crippen LogP) is 2.75. The molecule has 0 fully saturated rings. The zero-order valence-corrected chi connectivity index (χ0v) is 13.1. The molecule has 0 aromatic carbocycles. The van der Waals surface area contributed by atoms with Gasteiger partial charge in [-0.2, -0.15) is 0 Å². The molecule has 0 N–H and O–H groups in total. The summed E-state index contributed by atoms with van der Waals surface area (Å²) in [6, 6.07) is 0. The van der Waals surface area contributed by atoms with Gasteiger partial charge in [0.25, 0.3) is 0 Å². The summed E-state index contributed by atoms with van der Waals surface area (Å²) in [6.07, 6.45) is 0. The Bertz CT molecular complexity index is 40.5. The Kier molecular flexibility index (Phi) is 5.92. The summed E-state index contributed by atoms with van der Waals surface area (Å²) in [5.41, 5.74) is 0. The molecule has 0 bridgehead atoms. The van der Waals surface area contributed by atoms with E-state index in [1.165, 1.54) is 0 Å². The molecule has 0 aliphatic carbocycles. The molecule has 38 valence electrons. The SMILES string of the molecule is C[O][Hf]([I])([I])[I]. The van der Waals surface area contributed by atoms with Crippen LogP contribution in [0.4, 0.5) is 0 Å². The fourth-order valence-electron chi connectivity index (χ4n) is 0. The van der Waals surface area contributed by atoms with Crippen LogP contribution < -0.4 is 0 Å². The van der Waals surface area contributed by atoms with Crippen LogP contribution in [0.1, 0.15) is 0 Å². The summed E-state index contributed by atoms with van der Waals surface area (Å²) < 4.78 is 5.12. The first-order chi connectivity index (χ1) is 2.56. The summed E-state index contributed by atoms with van der Waals surface area (Å²) in [4.78, 5) is 0. The summed E-state index contributed by atoms with van der Waals surface area (Å²) in [6.45, 7) is 0. The number of hydrogen-bond donors (Lipinski definition) is 0. The average Bonchev–Trinajstić information content (AvgIpc) is 1.35. The van der Waals surface area contributed by atoms with Crippen LogP contribution in [0.15, 0.2) is 0 Å². The van der Waals surface area contributed by atoms with Gasteiger partial charge in [0.05, 0.1) is 0 Å². The van der Waals surface area contributed by atoms with Crippen LogP contribution in [0.3, 0.4) is 0 Å². The van der Waals surface area contributed by atoms with Crippen LogP contribution >= 0.6 is 54.4 Å². The average molecular weight is 590 g/mol. The van der Waals surface area contributed by atoms with Crippen molar-refractivity contribution in [2.75, 3.05) is 7.11 Å². The van der Waals surface area contributed by atoms with Crippen LogP contribution in [0.5, 0.6) is 0 Å². The molecule has 6 heavy (non-hydrogen) atoms. The van der Waals surface area contributed by atoms with Gasteiger partial charge in [0.2, 0.25) is 0 Å². The molecule has 0 atom stereocenters. The molecule has 0 saturated heterocycles. The third-order valence-corrected chi connectivity index (χ3v) is 12.7. The van der Waals surface area contributed by atoms with Crippen molar-refractivity contribution in [3.63, 3.8) is 0 Å². The van der Waals surface area contributed by atoms with Crippen molar-refractivity contribution in [1.29, 1.82) is 0 Å². The van der Waals surface area contributed by atoms with E-state index in [2.05, 4.69) is 54.4 Å². The monoisotopic (exact) mass is 592 g/mol. The zero-order valence-electron chi connectivity index (χ0n) is 3.04. The van der Waals surface area contributed by atoms with E-state index in [9.17, 15) is 0 Å². The minimum absolute atomic E-state index is 1.78. The van der Waals surface area contributed by atoms with Gasteiger partial charge in [0.1, 0.15) is 0 Å². The van der Waals surface area contributed by atoms with E-state index in [1.54, 1.807) is 7.11 Å². The van der Waals surface area contributed by atoms with E-state index in [0.29, 0.717) is 0 Å². The van der Waals surface area contributed by atoms with Gasteiger partial charge >= 0.3 is 72.3 Å². The van der Waals surface area contributed by atoms with Gasteiger partial charge in [-0.15, -0.1) is 0 Å². The molecule has 0 aromatic heterocycles. The van der Waals surface area contributed by atoms with Crippen molar-refractivity contribution in [1.82, 2.24) is 0 Å². The summed E-state index contributed by atoms with van der Waals surface area (Å²) >= 11 is 7.24. The third kappa shape index (κ3) is 7.02. The third-order valence-electron chi connectivity index (χ3n) is 0.231. The van der Waals surface area contributed by atoms with Crippen LogP contribution in [-0.2, 0) is 10.8 Å². The Hall–Kier alpha value is 3.02. The molecule has 0 aliphatic rings. The van der Waals surface area contributed by atoms with Crippen molar-refractivity contribution in [3.05, 3.63) is 0 Å². The summed E-state index contributed by atoms with van der Waals surface area (Å²) in [7, 11) is -0.140. The fourth-order valence-corrected chi connectivity index (χ4v) is 0. The first kappa shape index (κ1) is 9.02. The Morgan fingerprint density at radius 3 is 1.50 bits per heavy atom. The Morgan fingerprint density at radius 1 is 1.33 bits per heavy atom. The Labute approximate surface area is 70.2 Å². The van der Waals surface area contributed by atoms with Crippen LogP contribution in [0.2, 0.25) is 0 Å². The predicted molar refractivity (Wildman–Crippen MR) is 49.1 cm³/mol. The molecule has 0 rings (SSSR count). The molecular weight excluding hydrogens is 587 g/mol. The maximum absolute atomic E-state index is 5.12. The number of hydrogen-bond acceptors (Lipinski definition) is 1. The topological polar surface area (TPSA) is 9.23 Å². The van der Waals surface area contributed by atoms with Crippen molar-refractivity contribution >= 4 is 54.4 Å². The molecule has 0 amide bonds. The molecule has 0 aromatic rings. The second-order valence-electron chi connectivity index (χ2n) is 0.650. The van der Waals surface area contributed by atoms with Crippen molar-refractivity contribution in [2.45, 2.75) is 0 Å². The molecule has 1 nitrogen and oxygen atoms in total. The molecule has 5 heteroatoms. The first-order valence-corrected chi connectivity index (χ1v) is 33.2. The zero-order chi connectivity index (χ0) is 5.21. The summed E-state index contributed by atoms with van der Waals surface area (Å²) in [5.74, 6) is 0. The Balaban J connectivity index is 3.17. The van der Waals surface area contributed by atoms with E-state index in [4.69, 9.17) is 2.85 Å². The van der Waals surface area contributed by atoms with Gasteiger partial charge in [0.15, 0.2) is 0 Å². The van der Waals surface area contributed by atoms with Crippen molar-refractivity contribution < 1.29 is 10.8 Å². The van der Waals surface area contributed by atoms with E-state index in [0.717, 1.165) is 0 Å². The van der Waals surface area contributed by atoms with Crippen LogP contribution in [0.25, 0.3) is 0 Å². The van der Waals surface area contributed by atoms with Gasteiger partial charge in [-0.05, 0) is 0 Å². The minimum atomic E-state index is -1.92. The van der Waals surface area contributed by atoms with Crippen LogP contribution in [-0.4, -0.2) is 7.11 Å². The summed E-state index contributed by atoms with van der Waals surface area (Å²) in [5, 5.41) is 0. The molecule has 0 spiro atoms. The first-order valence-electron chi connectivity index (χ1n) is 1.18. The Morgan fingerprint density at radius 2 is 1.50 bits per heavy atom. The molecule has 0 aliphatic heterocycles. The van der Waals surface area contributed by atoms with E-state index in [-0.39, 0.29) is 0 Å². The van der Waals surface area contributed by atoms with Gasteiger partial charge < -0.3 is 0 Å². The second-order valence-corrected chi connectivity index (χ2v) is 93.3. The standard InChI is InChI=1S/CH3O.Hf.3HI/c1-2;;;;/h1H3;;3*1H/q-1;+4;;;/p-3. The van der Waals surface area contributed by atoms with Gasteiger partial charge in [-0.25, -0.2) is 0 Å².